The largest absolute Gasteiger partial charge is 0.491 e. The van der Waals surface area contributed by atoms with E-state index in [2.05, 4.69) is 17.4 Å². The Morgan fingerprint density at radius 1 is 1.22 bits per heavy atom. The number of benzene rings is 2. The number of thioether (sulfide) groups is 1. The van der Waals surface area contributed by atoms with Gasteiger partial charge in [0.1, 0.15) is 24.7 Å². The molecule has 0 aromatic heterocycles. The Labute approximate surface area is 198 Å². The number of cyclic esters (lactones) is 1. The molecule has 2 fully saturated rings. The zero-order valence-electron chi connectivity index (χ0n) is 18.2. The zero-order chi connectivity index (χ0) is 22.3. The highest BCUT2D eigenvalue weighted by Crippen LogP contribution is 2.23. The highest BCUT2D eigenvalue weighted by Gasteiger charge is 2.36. The highest BCUT2D eigenvalue weighted by atomic mass is 35.5. The lowest BCUT2D eigenvalue weighted by Crippen LogP contribution is -2.40. The van der Waals surface area contributed by atoms with Crippen molar-refractivity contribution in [1.29, 1.82) is 0 Å². The lowest BCUT2D eigenvalue weighted by molar-refractivity contribution is 0.0994. The molecule has 0 saturated carbocycles. The second-order valence-electron chi connectivity index (χ2n) is 8.03. The molecular formula is C24H29ClN2O4S. The van der Waals surface area contributed by atoms with Crippen molar-refractivity contribution >= 4 is 29.5 Å². The van der Waals surface area contributed by atoms with Crippen molar-refractivity contribution < 1.29 is 19.0 Å². The standard InChI is InChI=1S/C24H29ClN2O4S/c1-2-19(14-29-20-8-6-17(7-9-20)10-23-12-26-16-32-23)27-13-22(31-24(27)28)15-30-21-5-3-4-18(25)11-21/h3-9,11,19,22-23,26H,2,10,12-16H2,1H3. The lowest BCUT2D eigenvalue weighted by atomic mass is 10.1. The summed E-state index contributed by atoms with van der Waals surface area (Å²) >= 11 is 7.96. The fraction of sp³-hybridized carbons (Fsp3) is 0.458. The van der Waals surface area contributed by atoms with E-state index in [0.717, 1.165) is 31.0 Å². The molecule has 2 heterocycles. The summed E-state index contributed by atoms with van der Waals surface area (Å²) in [5, 5.41) is 4.63. The SMILES string of the molecule is CCC(COc1ccc(CC2CNCS2)cc1)N1CC(COc2cccc(Cl)c2)OC1=O. The average molecular weight is 477 g/mol. The molecule has 0 radical (unpaired) electrons. The van der Waals surface area contributed by atoms with Gasteiger partial charge in [-0.3, -0.25) is 4.90 Å². The van der Waals surface area contributed by atoms with E-state index in [1.807, 2.05) is 43.0 Å². The maximum Gasteiger partial charge on any atom is 0.410 e. The fourth-order valence-electron chi connectivity index (χ4n) is 3.86. The first-order chi connectivity index (χ1) is 15.6. The Hall–Kier alpha value is -2.09. The van der Waals surface area contributed by atoms with Gasteiger partial charge in [0.25, 0.3) is 0 Å². The number of carbonyl (C=O) groups is 1. The van der Waals surface area contributed by atoms with Crippen molar-refractivity contribution in [3.05, 3.63) is 59.1 Å². The molecule has 2 aliphatic heterocycles. The van der Waals surface area contributed by atoms with Crippen LogP contribution in [-0.2, 0) is 11.2 Å². The van der Waals surface area contributed by atoms with Crippen molar-refractivity contribution in [3.63, 3.8) is 0 Å². The van der Waals surface area contributed by atoms with E-state index in [-0.39, 0.29) is 24.8 Å². The molecule has 172 valence electrons. The summed E-state index contributed by atoms with van der Waals surface area (Å²) in [6.45, 7) is 4.31. The molecule has 2 saturated heterocycles. The van der Waals surface area contributed by atoms with Gasteiger partial charge in [0.15, 0.2) is 6.10 Å². The van der Waals surface area contributed by atoms with Gasteiger partial charge in [0.05, 0.1) is 12.6 Å². The minimum atomic E-state index is -0.322. The molecule has 2 aromatic carbocycles. The molecule has 3 atom stereocenters. The molecular weight excluding hydrogens is 448 g/mol. The van der Waals surface area contributed by atoms with Crippen LogP contribution in [0.4, 0.5) is 4.79 Å². The number of carbonyl (C=O) groups excluding carboxylic acids is 1. The van der Waals surface area contributed by atoms with Gasteiger partial charge in [-0.25, -0.2) is 4.79 Å². The van der Waals surface area contributed by atoms with Crippen molar-refractivity contribution in [2.75, 3.05) is 32.2 Å². The summed E-state index contributed by atoms with van der Waals surface area (Å²) in [4.78, 5) is 14.2. The summed E-state index contributed by atoms with van der Waals surface area (Å²) in [5.74, 6) is 2.52. The van der Waals surface area contributed by atoms with E-state index < -0.39 is 0 Å². The molecule has 1 amide bonds. The van der Waals surface area contributed by atoms with Crippen LogP contribution in [0.1, 0.15) is 18.9 Å². The predicted molar refractivity (Wildman–Crippen MR) is 128 cm³/mol. The number of hydrogen-bond donors (Lipinski definition) is 1. The summed E-state index contributed by atoms with van der Waals surface area (Å²) in [7, 11) is 0. The number of amides is 1. The van der Waals surface area contributed by atoms with Gasteiger partial charge in [0.2, 0.25) is 0 Å². The molecule has 3 unspecified atom stereocenters. The van der Waals surface area contributed by atoms with E-state index in [0.29, 0.717) is 29.2 Å². The third-order valence-electron chi connectivity index (χ3n) is 5.67. The van der Waals surface area contributed by atoms with Crippen molar-refractivity contribution in [3.8, 4) is 11.5 Å². The number of nitrogens with one attached hydrogen (secondary N) is 1. The highest BCUT2D eigenvalue weighted by molar-refractivity contribution is 8.00. The molecule has 2 aromatic rings. The molecule has 0 bridgehead atoms. The van der Waals surface area contributed by atoms with Crippen LogP contribution in [0, 0.1) is 0 Å². The predicted octanol–water partition coefficient (Wildman–Crippen LogP) is 4.60. The van der Waals surface area contributed by atoms with Crippen LogP contribution in [0.5, 0.6) is 11.5 Å². The van der Waals surface area contributed by atoms with Crippen LogP contribution in [0.3, 0.4) is 0 Å². The molecule has 4 rings (SSSR count). The van der Waals surface area contributed by atoms with Crippen molar-refractivity contribution in [2.45, 2.75) is 37.2 Å². The molecule has 2 aliphatic rings. The normalized spacial score (nSPS) is 21.4. The molecule has 8 heteroatoms. The second-order valence-corrected chi connectivity index (χ2v) is 9.76. The molecule has 0 spiro atoms. The van der Waals surface area contributed by atoms with E-state index in [1.54, 1.807) is 17.0 Å². The second kappa shape index (κ2) is 11.2. The van der Waals surface area contributed by atoms with Gasteiger partial charge in [-0.1, -0.05) is 36.7 Å². The maximum atomic E-state index is 12.4. The Bertz CT molecular complexity index is 892. The van der Waals surface area contributed by atoms with Gasteiger partial charge >= 0.3 is 6.09 Å². The van der Waals surface area contributed by atoms with Crippen LogP contribution >= 0.6 is 23.4 Å². The fourth-order valence-corrected chi connectivity index (χ4v) is 5.06. The van der Waals surface area contributed by atoms with Crippen LogP contribution < -0.4 is 14.8 Å². The minimum Gasteiger partial charge on any atom is -0.491 e. The first kappa shape index (κ1) is 23.1. The summed E-state index contributed by atoms with van der Waals surface area (Å²) in [6, 6.07) is 15.4. The Morgan fingerprint density at radius 2 is 2.06 bits per heavy atom. The van der Waals surface area contributed by atoms with E-state index in [4.69, 9.17) is 25.8 Å². The van der Waals surface area contributed by atoms with Gasteiger partial charge < -0.3 is 19.5 Å². The smallest absolute Gasteiger partial charge is 0.410 e. The van der Waals surface area contributed by atoms with E-state index >= 15 is 0 Å². The number of rotatable bonds is 10. The quantitative estimate of drug-likeness (QED) is 0.540. The summed E-state index contributed by atoms with van der Waals surface area (Å²) in [5.41, 5.74) is 1.32. The van der Waals surface area contributed by atoms with Gasteiger partial charge in [-0.15, -0.1) is 11.8 Å². The van der Waals surface area contributed by atoms with Crippen LogP contribution in [0.15, 0.2) is 48.5 Å². The average Bonchev–Trinajstić information content (AvgIpc) is 3.44. The first-order valence-corrected chi connectivity index (χ1v) is 12.4. The Morgan fingerprint density at radius 3 is 2.78 bits per heavy atom. The summed E-state index contributed by atoms with van der Waals surface area (Å²) < 4.78 is 17.3. The maximum absolute atomic E-state index is 12.4. The third kappa shape index (κ3) is 6.24. The van der Waals surface area contributed by atoms with Crippen molar-refractivity contribution in [1.82, 2.24) is 10.2 Å². The van der Waals surface area contributed by atoms with Gasteiger partial charge in [0, 0.05) is 22.7 Å². The third-order valence-corrected chi connectivity index (χ3v) is 7.08. The number of halogens is 1. The minimum absolute atomic E-state index is 0.0562. The van der Waals surface area contributed by atoms with Crippen LogP contribution in [-0.4, -0.2) is 60.6 Å². The van der Waals surface area contributed by atoms with Gasteiger partial charge in [-0.2, -0.15) is 0 Å². The number of nitrogens with zero attached hydrogens (tertiary/aromatic N) is 1. The Kier molecular flexibility index (Phi) is 8.05. The van der Waals surface area contributed by atoms with Gasteiger partial charge in [-0.05, 0) is 48.7 Å². The number of ether oxygens (including phenoxy) is 3. The summed E-state index contributed by atoms with van der Waals surface area (Å²) in [6.07, 6.45) is 1.20. The lowest BCUT2D eigenvalue weighted by Gasteiger charge is -2.24. The molecule has 6 nitrogen and oxygen atoms in total. The van der Waals surface area contributed by atoms with E-state index in [1.165, 1.54) is 5.56 Å². The van der Waals surface area contributed by atoms with Crippen molar-refractivity contribution in [2.24, 2.45) is 0 Å². The van der Waals surface area contributed by atoms with E-state index in [9.17, 15) is 4.79 Å². The Balaban J connectivity index is 1.25. The molecule has 1 N–H and O–H groups in total. The monoisotopic (exact) mass is 476 g/mol. The van der Waals surface area contributed by atoms with Crippen LogP contribution in [0.25, 0.3) is 0 Å². The molecule has 0 aliphatic carbocycles. The van der Waals surface area contributed by atoms with Crippen LogP contribution in [0.2, 0.25) is 5.02 Å². The topological polar surface area (TPSA) is 60.0 Å². The first-order valence-electron chi connectivity index (χ1n) is 11.0. The molecule has 32 heavy (non-hydrogen) atoms. The number of hydrogen-bond acceptors (Lipinski definition) is 6. The zero-order valence-corrected chi connectivity index (χ0v) is 19.7.